The van der Waals surface area contributed by atoms with E-state index >= 15 is 0 Å². The molecule has 0 saturated carbocycles. The van der Waals surface area contributed by atoms with Gasteiger partial charge in [0.1, 0.15) is 11.6 Å². The van der Waals surface area contributed by atoms with Crippen molar-refractivity contribution < 1.29 is 13.6 Å². The van der Waals surface area contributed by atoms with Gasteiger partial charge in [-0.3, -0.25) is 19.1 Å². The number of carbonyl (C=O) groups excluding carboxylic acids is 1. The first-order valence-electron chi connectivity index (χ1n) is 10.4. The summed E-state index contributed by atoms with van der Waals surface area (Å²) >= 11 is 0. The average molecular weight is 463 g/mol. The van der Waals surface area contributed by atoms with Crippen LogP contribution in [0.3, 0.4) is 0 Å². The van der Waals surface area contributed by atoms with Crippen molar-refractivity contribution in [2.45, 2.75) is 13.0 Å². The fourth-order valence-electron chi connectivity index (χ4n) is 3.28. The third-order valence-electron chi connectivity index (χ3n) is 5.03. The number of halogens is 2. The fraction of sp³-hybridized carbons (Fsp3) is 0.125. The molecule has 34 heavy (non-hydrogen) atoms. The Hall–Kier alpha value is -4.47. The highest BCUT2D eigenvalue weighted by molar-refractivity contribution is 5.91. The third kappa shape index (κ3) is 4.96. The molecular formula is C24H19F2N5O3. The van der Waals surface area contributed by atoms with E-state index in [-0.39, 0.29) is 17.8 Å². The zero-order valence-corrected chi connectivity index (χ0v) is 17.8. The van der Waals surface area contributed by atoms with Crippen LogP contribution in [0.15, 0.2) is 82.5 Å². The molecule has 0 spiro atoms. The Morgan fingerprint density at radius 2 is 1.68 bits per heavy atom. The van der Waals surface area contributed by atoms with Crippen molar-refractivity contribution in [2.75, 3.05) is 6.54 Å². The van der Waals surface area contributed by atoms with Crippen LogP contribution >= 0.6 is 0 Å². The molecule has 0 fully saturated rings. The summed E-state index contributed by atoms with van der Waals surface area (Å²) in [7, 11) is 0. The van der Waals surface area contributed by atoms with Crippen LogP contribution in [-0.4, -0.2) is 31.8 Å². The molecule has 0 aliphatic heterocycles. The van der Waals surface area contributed by atoms with Gasteiger partial charge in [0.15, 0.2) is 0 Å². The van der Waals surface area contributed by atoms with Crippen LogP contribution in [0, 0.1) is 11.6 Å². The fourth-order valence-corrected chi connectivity index (χ4v) is 3.28. The predicted octanol–water partition coefficient (Wildman–Crippen LogP) is 2.09. The molecule has 0 aliphatic carbocycles. The van der Waals surface area contributed by atoms with Crippen LogP contribution in [0.1, 0.15) is 21.7 Å². The molecule has 0 unspecified atom stereocenters. The van der Waals surface area contributed by atoms with Gasteiger partial charge in [0.2, 0.25) is 5.69 Å². The van der Waals surface area contributed by atoms with Gasteiger partial charge in [-0.15, -0.1) is 0 Å². The Kier molecular flexibility index (Phi) is 6.67. The van der Waals surface area contributed by atoms with Gasteiger partial charge in [-0.1, -0.05) is 24.3 Å². The van der Waals surface area contributed by atoms with Crippen LogP contribution in [0.2, 0.25) is 0 Å². The summed E-state index contributed by atoms with van der Waals surface area (Å²) in [5.41, 5.74) is -1.46. The third-order valence-corrected chi connectivity index (χ3v) is 5.03. The molecule has 0 radical (unpaired) electrons. The molecule has 4 aromatic rings. The quantitative estimate of drug-likeness (QED) is 0.453. The summed E-state index contributed by atoms with van der Waals surface area (Å²) in [6.45, 7) is -0.248. The maximum Gasteiger partial charge on any atom is 0.352 e. The average Bonchev–Trinajstić information content (AvgIpc) is 2.84. The van der Waals surface area contributed by atoms with Gasteiger partial charge in [-0.25, -0.2) is 13.6 Å². The lowest BCUT2D eigenvalue weighted by atomic mass is 10.2. The lowest BCUT2D eigenvalue weighted by Crippen LogP contribution is -2.46. The van der Waals surface area contributed by atoms with E-state index in [0.29, 0.717) is 6.42 Å². The molecule has 4 rings (SSSR count). The van der Waals surface area contributed by atoms with E-state index in [1.165, 1.54) is 30.3 Å². The van der Waals surface area contributed by atoms with Crippen LogP contribution < -0.4 is 16.6 Å². The predicted molar refractivity (Wildman–Crippen MR) is 120 cm³/mol. The van der Waals surface area contributed by atoms with Crippen molar-refractivity contribution in [3.8, 4) is 5.69 Å². The van der Waals surface area contributed by atoms with Gasteiger partial charge >= 0.3 is 5.69 Å². The van der Waals surface area contributed by atoms with Crippen molar-refractivity contribution in [3.63, 3.8) is 0 Å². The number of amides is 1. The highest BCUT2D eigenvalue weighted by Crippen LogP contribution is 2.08. The van der Waals surface area contributed by atoms with E-state index < -0.39 is 41.0 Å². The first kappa shape index (κ1) is 22.7. The largest absolute Gasteiger partial charge is 0.352 e. The number of aromatic nitrogens is 4. The molecule has 1 amide bonds. The Balaban J connectivity index is 1.72. The molecule has 2 aromatic heterocycles. The molecule has 1 N–H and O–H groups in total. The topological polar surface area (TPSA) is 98.9 Å². The molecule has 0 saturated heterocycles. The van der Waals surface area contributed by atoms with Crippen molar-refractivity contribution in [1.29, 1.82) is 0 Å². The molecule has 0 aliphatic rings. The van der Waals surface area contributed by atoms with E-state index in [2.05, 4.69) is 15.4 Å². The Bertz CT molecular complexity index is 1430. The highest BCUT2D eigenvalue weighted by Gasteiger charge is 2.21. The van der Waals surface area contributed by atoms with Crippen LogP contribution in [-0.2, 0) is 13.0 Å². The van der Waals surface area contributed by atoms with Gasteiger partial charge in [-0.05, 0) is 42.5 Å². The molecule has 0 atom stereocenters. The van der Waals surface area contributed by atoms with Crippen LogP contribution in [0.25, 0.3) is 5.69 Å². The van der Waals surface area contributed by atoms with Crippen molar-refractivity contribution >= 4 is 5.91 Å². The second-order valence-electron chi connectivity index (χ2n) is 7.33. The molecule has 2 heterocycles. The minimum Gasteiger partial charge on any atom is -0.350 e. The van der Waals surface area contributed by atoms with Crippen molar-refractivity contribution in [1.82, 2.24) is 24.6 Å². The van der Waals surface area contributed by atoms with Crippen LogP contribution in [0.5, 0.6) is 0 Å². The van der Waals surface area contributed by atoms with Gasteiger partial charge in [-0.2, -0.15) is 9.78 Å². The SMILES string of the molecule is O=C(NCCc1ccccn1)c1nn(-c2ccc(F)cc2)c(=O)n(Cc2ccccc2F)c1=O. The summed E-state index contributed by atoms with van der Waals surface area (Å²) in [4.78, 5) is 43.1. The number of hydrogen-bond acceptors (Lipinski definition) is 5. The molecule has 2 aromatic carbocycles. The zero-order valence-electron chi connectivity index (χ0n) is 17.8. The summed E-state index contributed by atoms with van der Waals surface area (Å²) in [5.74, 6) is -1.96. The molecule has 8 nitrogen and oxygen atoms in total. The minimum atomic E-state index is -0.970. The highest BCUT2D eigenvalue weighted by atomic mass is 19.1. The minimum absolute atomic E-state index is 0.0834. The summed E-state index contributed by atoms with van der Waals surface area (Å²) in [5, 5.41) is 6.54. The Morgan fingerprint density at radius 1 is 0.941 bits per heavy atom. The number of nitrogens with zero attached hydrogens (tertiary/aromatic N) is 4. The van der Waals surface area contributed by atoms with Gasteiger partial charge < -0.3 is 5.32 Å². The summed E-state index contributed by atoms with van der Waals surface area (Å²) < 4.78 is 29.2. The first-order chi connectivity index (χ1) is 16.4. The lowest BCUT2D eigenvalue weighted by Gasteiger charge is -2.13. The summed E-state index contributed by atoms with van der Waals surface area (Å²) in [6.07, 6.45) is 2.03. The first-order valence-corrected chi connectivity index (χ1v) is 10.4. The lowest BCUT2D eigenvalue weighted by molar-refractivity contribution is 0.0944. The maximum absolute atomic E-state index is 14.2. The smallest absolute Gasteiger partial charge is 0.350 e. The number of carbonyl (C=O) groups is 1. The Morgan fingerprint density at radius 3 is 2.38 bits per heavy atom. The Labute approximate surface area is 192 Å². The second kappa shape index (κ2) is 9.99. The van der Waals surface area contributed by atoms with Crippen molar-refractivity contribution in [3.05, 3.63) is 122 Å². The molecule has 0 bridgehead atoms. The number of hydrogen-bond donors (Lipinski definition) is 1. The number of benzene rings is 2. The van der Waals surface area contributed by atoms with Gasteiger partial charge in [0.25, 0.3) is 11.5 Å². The molecule has 10 heteroatoms. The van der Waals surface area contributed by atoms with Gasteiger partial charge in [0, 0.05) is 30.4 Å². The van der Waals surface area contributed by atoms with E-state index in [0.717, 1.165) is 27.1 Å². The van der Waals surface area contributed by atoms with Crippen molar-refractivity contribution in [2.24, 2.45) is 0 Å². The molecule has 172 valence electrons. The number of pyridine rings is 1. The number of nitrogens with one attached hydrogen (secondary N) is 1. The standard InChI is InChI=1S/C24H19F2N5O3/c25-17-8-10-19(11-9-17)31-24(34)30(15-16-5-1-2-7-20(16)26)23(33)21(29-31)22(32)28-14-12-18-6-3-4-13-27-18/h1-11,13H,12,14-15H2,(H,28,32). The van der Waals surface area contributed by atoms with Crippen LogP contribution in [0.4, 0.5) is 8.78 Å². The van der Waals surface area contributed by atoms with E-state index in [9.17, 15) is 23.2 Å². The monoisotopic (exact) mass is 463 g/mol. The molecular weight excluding hydrogens is 444 g/mol. The van der Waals surface area contributed by atoms with E-state index in [4.69, 9.17) is 0 Å². The second-order valence-corrected chi connectivity index (χ2v) is 7.33. The number of rotatable bonds is 7. The van der Waals surface area contributed by atoms with Gasteiger partial charge in [0.05, 0.1) is 12.2 Å². The van der Waals surface area contributed by atoms with E-state index in [1.807, 2.05) is 6.07 Å². The normalized spacial score (nSPS) is 10.8. The zero-order chi connectivity index (χ0) is 24.1. The summed E-state index contributed by atoms with van der Waals surface area (Å²) in [6, 6.07) is 15.8. The van der Waals surface area contributed by atoms with E-state index in [1.54, 1.807) is 24.4 Å². The maximum atomic E-state index is 14.2.